The molecule has 0 aromatic heterocycles. The molecule has 0 radical (unpaired) electrons. The summed E-state index contributed by atoms with van der Waals surface area (Å²) >= 11 is 1.69. The third-order valence-electron chi connectivity index (χ3n) is 5.88. The number of nitrogens with one attached hydrogen (secondary N) is 1. The van der Waals surface area contributed by atoms with E-state index in [0.29, 0.717) is 0 Å². The van der Waals surface area contributed by atoms with Crippen LogP contribution in [0.1, 0.15) is 37.3 Å². The highest BCUT2D eigenvalue weighted by molar-refractivity contribution is 7.99. The van der Waals surface area contributed by atoms with Crippen LogP contribution in [0.25, 0.3) is 11.1 Å². The van der Waals surface area contributed by atoms with Crippen molar-refractivity contribution in [3.8, 4) is 11.1 Å². The Labute approximate surface area is 198 Å². The van der Waals surface area contributed by atoms with Gasteiger partial charge < -0.3 is 20.1 Å². The average Bonchev–Trinajstić information content (AvgIpc) is 3.13. The van der Waals surface area contributed by atoms with E-state index >= 15 is 0 Å². The van der Waals surface area contributed by atoms with Crippen LogP contribution in [0.15, 0.2) is 48.5 Å². The minimum Gasteiger partial charge on any atom is -0.481 e. The van der Waals surface area contributed by atoms with Gasteiger partial charge in [0.1, 0.15) is 12.6 Å². The molecule has 2 N–H and O–H groups in total. The van der Waals surface area contributed by atoms with Crippen LogP contribution in [0.4, 0.5) is 4.79 Å². The molecule has 7 nitrogen and oxygen atoms in total. The Balaban J connectivity index is 1.66. The van der Waals surface area contributed by atoms with Gasteiger partial charge in [-0.2, -0.15) is 11.8 Å². The van der Waals surface area contributed by atoms with E-state index in [1.165, 1.54) is 4.90 Å². The molecule has 8 heteroatoms. The molecule has 0 fully saturated rings. The normalized spacial score (nSPS) is 14.0. The lowest BCUT2D eigenvalue weighted by atomic mass is 9.98. The minimum atomic E-state index is -1.20. The van der Waals surface area contributed by atoms with Gasteiger partial charge in [-0.05, 0) is 34.9 Å². The van der Waals surface area contributed by atoms with Crippen molar-refractivity contribution in [1.82, 2.24) is 10.2 Å². The zero-order valence-electron chi connectivity index (χ0n) is 19.1. The first-order valence-electron chi connectivity index (χ1n) is 11.0. The summed E-state index contributed by atoms with van der Waals surface area (Å²) in [7, 11) is 1.62. The highest BCUT2D eigenvalue weighted by Crippen LogP contribution is 2.44. The molecule has 2 aromatic carbocycles. The number of amides is 2. The highest BCUT2D eigenvalue weighted by atomic mass is 32.2. The number of thioether (sulfide) groups is 1. The second kappa shape index (κ2) is 11.2. The first kappa shape index (κ1) is 24.6. The molecule has 33 heavy (non-hydrogen) atoms. The van der Waals surface area contributed by atoms with Crippen molar-refractivity contribution >= 4 is 29.7 Å². The summed E-state index contributed by atoms with van der Waals surface area (Å²) in [6, 6.07) is 14.7. The molecular weight excluding hydrogens is 440 g/mol. The zero-order chi connectivity index (χ0) is 24.0. The summed E-state index contributed by atoms with van der Waals surface area (Å²) in [6.07, 6.45) is -1.32. The van der Waals surface area contributed by atoms with Crippen molar-refractivity contribution < 1.29 is 24.2 Å². The lowest BCUT2D eigenvalue weighted by Crippen LogP contribution is -2.51. The standard InChI is InChI=1S/C25H30N2O5S/c1-4-33-15-16(2)27(3)24(30)22(13-23(28)29)26-25(31)32-14-21-19-11-7-5-9-17(19)18-10-6-8-12-20(18)21/h5-12,16,21-22H,4,13-15H2,1-3H3,(H,26,31)(H,28,29). The quantitative estimate of drug-likeness (QED) is 0.546. The van der Waals surface area contributed by atoms with Crippen LogP contribution in [0.2, 0.25) is 0 Å². The summed E-state index contributed by atoms with van der Waals surface area (Å²) < 4.78 is 5.49. The monoisotopic (exact) mass is 470 g/mol. The topological polar surface area (TPSA) is 95.9 Å². The van der Waals surface area contributed by atoms with E-state index in [4.69, 9.17) is 4.74 Å². The summed E-state index contributed by atoms with van der Waals surface area (Å²) in [5.74, 6) is -0.0937. The second-order valence-corrected chi connectivity index (χ2v) is 9.40. The van der Waals surface area contributed by atoms with Gasteiger partial charge in [0, 0.05) is 24.8 Å². The number of hydrogen-bond donors (Lipinski definition) is 2. The molecule has 0 aliphatic heterocycles. The first-order chi connectivity index (χ1) is 15.8. The predicted octanol–water partition coefficient (Wildman–Crippen LogP) is 3.97. The van der Waals surface area contributed by atoms with Crippen molar-refractivity contribution in [3.63, 3.8) is 0 Å². The van der Waals surface area contributed by atoms with Crippen molar-refractivity contribution in [2.24, 2.45) is 0 Å². The van der Waals surface area contributed by atoms with E-state index in [9.17, 15) is 19.5 Å². The number of rotatable bonds is 10. The first-order valence-corrected chi connectivity index (χ1v) is 12.2. The lowest BCUT2D eigenvalue weighted by molar-refractivity contribution is -0.142. The molecule has 0 spiro atoms. The average molecular weight is 471 g/mol. The molecule has 2 aromatic rings. The van der Waals surface area contributed by atoms with Gasteiger partial charge in [0.15, 0.2) is 0 Å². The molecule has 0 heterocycles. The van der Waals surface area contributed by atoms with E-state index in [0.717, 1.165) is 33.8 Å². The number of likely N-dealkylation sites (N-methyl/N-ethyl adjacent to an activating group) is 1. The molecular formula is C25H30N2O5S. The van der Waals surface area contributed by atoms with Crippen molar-refractivity contribution in [2.45, 2.75) is 38.3 Å². The molecule has 2 unspecified atom stereocenters. The Morgan fingerprint density at radius 2 is 1.67 bits per heavy atom. The van der Waals surface area contributed by atoms with Crippen LogP contribution in [0.3, 0.4) is 0 Å². The van der Waals surface area contributed by atoms with Gasteiger partial charge >= 0.3 is 12.1 Å². The number of nitrogens with zero attached hydrogens (tertiary/aromatic N) is 1. The summed E-state index contributed by atoms with van der Waals surface area (Å²) in [6.45, 7) is 4.02. The maximum atomic E-state index is 12.9. The van der Waals surface area contributed by atoms with Gasteiger partial charge in [-0.1, -0.05) is 55.5 Å². The number of carboxylic acids is 1. The number of aliphatic carboxylic acids is 1. The highest BCUT2D eigenvalue weighted by Gasteiger charge is 2.31. The van der Waals surface area contributed by atoms with Gasteiger partial charge in [0.2, 0.25) is 5.91 Å². The van der Waals surface area contributed by atoms with Crippen molar-refractivity contribution in [1.29, 1.82) is 0 Å². The minimum absolute atomic E-state index is 0.0905. The summed E-state index contributed by atoms with van der Waals surface area (Å²) in [5, 5.41) is 11.7. The second-order valence-electron chi connectivity index (χ2n) is 8.08. The van der Waals surface area contributed by atoms with Gasteiger partial charge in [0.25, 0.3) is 0 Å². The number of carboxylic acid groups (broad SMARTS) is 1. The molecule has 1 aliphatic rings. The van der Waals surface area contributed by atoms with Crippen molar-refractivity contribution in [3.05, 3.63) is 59.7 Å². The van der Waals surface area contributed by atoms with Gasteiger partial charge in [-0.25, -0.2) is 4.79 Å². The largest absolute Gasteiger partial charge is 0.481 e. The zero-order valence-corrected chi connectivity index (χ0v) is 19.9. The van der Waals surface area contributed by atoms with E-state index in [-0.39, 0.29) is 18.6 Å². The Bertz CT molecular complexity index is 966. The molecule has 0 saturated heterocycles. The van der Waals surface area contributed by atoms with Crippen LogP contribution in [0.5, 0.6) is 0 Å². The fraction of sp³-hybridized carbons (Fsp3) is 0.400. The summed E-state index contributed by atoms with van der Waals surface area (Å²) in [4.78, 5) is 38.3. The number of fused-ring (bicyclic) bond motifs is 3. The molecule has 2 atom stereocenters. The van der Waals surface area contributed by atoms with Crippen LogP contribution < -0.4 is 5.32 Å². The number of carbonyl (C=O) groups is 3. The Hall–Kier alpha value is -3.00. The third kappa shape index (κ3) is 5.87. The maximum Gasteiger partial charge on any atom is 0.407 e. The van der Waals surface area contributed by atoms with Gasteiger partial charge in [-0.3, -0.25) is 9.59 Å². The SMILES string of the molecule is CCSCC(C)N(C)C(=O)C(CC(=O)O)NC(=O)OCC1c2ccccc2-c2ccccc21. The molecule has 176 valence electrons. The number of hydrogen-bond acceptors (Lipinski definition) is 5. The van der Waals surface area contributed by atoms with Crippen LogP contribution in [0, 0.1) is 0 Å². The predicted molar refractivity (Wildman–Crippen MR) is 129 cm³/mol. The molecule has 0 saturated carbocycles. The number of benzene rings is 2. The van der Waals surface area contributed by atoms with E-state index < -0.39 is 30.4 Å². The number of carbonyl (C=O) groups excluding carboxylic acids is 2. The third-order valence-corrected chi connectivity index (χ3v) is 7.01. The number of alkyl carbamates (subject to hydrolysis) is 1. The Morgan fingerprint density at radius 3 is 2.21 bits per heavy atom. The maximum absolute atomic E-state index is 12.9. The fourth-order valence-electron chi connectivity index (χ4n) is 4.02. The smallest absolute Gasteiger partial charge is 0.407 e. The number of ether oxygens (including phenoxy) is 1. The summed E-state index contributed by atoms with van der Waals surface area (Å²) in [5.41, 5.74) is 4.38. The Morgan fingerprint density at radius 1 is 1.09 bits per heavy atom. The molecule has 2 amide bonds. The van der Waals surface area contributed by atoms with Crippen LogP contribution in [-0.4, -0.2) is 65.2 Å². The molecule has 0 bridgehead atoms. The van der Waals surface area contributed by atoms with E-state index in [2.05, 4.69) is 5.32 Å². The van der Waals surface area contributed by atoms with E-state index in [1.807, 2.05) is 62.4 Å². The fourth-order valence-corrected chi connectivity index (χ4v) is 4.82. The van der Waals surface area contributed by atoms with Crippen LogP contribution in [-0.2, 0) is 14.3 Å². The van der Waals surface area contributed by atoms with E-state index in [1.54, 1.807) is 18.8 Å². The molecule has 3 rings (SSSR count). The van der Waals surface area contributed by atoms with Crippen LogP contribution >= 0.6 is 11.8 Å². The Kier molecular flexibility index (Phi) is 8.38. The lowest BCUT2D eigenvalue weighted by Gasteiger charge is -2.28. The van der Waals surface area contributed by atoms with Gasteiger partial charge in [0.05, 0.1) is 6.42 Å². The van der Waals surface area contributed by atoms with Gasteiger partial charge in [-0.15, -0.1) is 0 Å². The molecule has 1 aliphatic carbocycles. The van der Waals surface area contributed by atoms with Crippen molar-refractivity contribution in [2.75, 3.05) is 25.2 Å².